The fraction of sp³-hybridized carbons (Fsp3) is 1.00. The minimum Gasteiger partial charge on any atom is -0.383 e. The highest BCUT2D eigenvalue weighted by Gasteiger charge is 2.16. The average molecular weight is 277 g/mol. The van der Waals surface area contributed by atoms with Crippen LogP contribution in [0.1, 0.15) is 27.2 Å². The van der Waals surface area contributed by atoms with Crippen LogP contribution in [0.2, 0.25) is 0 Å². The molecule has 0 saturated carbocycles. The smallest absolute Gasteiger partial charge is 0.158 e. The molecule has 1 atom stereocenters. The second kappa shape index (κ2) is 12.8. The molecule has 116 valence electrons. The molecule has 0 fully saturated rings. The quantitative estimate of drug-likeness (QED) is 0.480. The van der Waals surface area contributed by atoms with E-state index in [1.807, 2.05) is 13.8 Å². The van der Waals surface area contributed by atoms with Crippen LogP contribution in [0.25, 0.3) is 0 Å². The van der Waals surface area contributed by atoms with Gasteiger partial charge < -0.3 is 18.9 Å². The van der Waals surface area contributed by atoms with E-state index < -0.39 is 0 Å². The summed E-state index contributed by atoms with van der Waals surface area (Å²) in [7, 11) is 3.45. The second-order valence-electron chi connectivity index (χ2n) is 4.46. The van der Waals surface area contributed by atoms with Crippen LogP contribution in [0.4, 0.5) is 0 Å². The van der Waals surface area contributed by atoms with Gasteiger partial charge in [0.05, 0.1) is 13.2 Å². The lowest BCUT2D eigenvalue weighted by atomic mass is 10.2. The van der Waals surface area contributed by atoms with Gasteiger partial charge in [-0.3, -0.25) is 4.90 Å². The zero-order valence-electron chi connectivity index (χ0n) is 13.2. The lowest BCUT2D eigenvalue weighted by Crippen LogP contribution is -2.40. The molecule has 0 N–H and O–H groups in total. The number of hydrogen-bond acceptors (Lipinski definition) is 5. The number of rotatable bonds is 13. The predicted octanol–water partition coefficient (Wildman–Crippen LogP) is 1.76. The zero-order chi connectivity index (χ0) is 14.5. The monoisotopic (exact) mass is 277 g/mol. The Balaban J connectivity index is 4.19. The van der Waals surface area contributed by atoms with Crippen LogP contribution in [-0.2, 0) is 18.9 Å². The van der Waals surface area contributed by atoms with E-state index in [-0.39, 0.29) is 6.29 Å². The highest BCUT2D eigenvalue weighted by molar-refractivity contribution is 4.67. The summed E-state index contributed by atoms with van der Waals surface area (Å²) in [5.41, 5.74) is 0. The van der Waals surface area contributed by atoms with E-state index in [1.165, 1.54) is 0 Å². The fourth-order valence-corrected chi connectivity index (χ4v) is 1.97. The molecule has 0 spiro atoms. The average Bonchev–Trinajstić information content (AvgIpc) is 2.39. The van der Waals surface area contributed by atoms with Gasteiger partial charge in [-0.2, -0.15) is 0 Å². The van der Waals surface area contributed by atoms with Gasteiger partial charge in [0, 0.05) is 53.0 Å². The van der Waals surface area contributed by atoms with Crippen molar-refractivity contribution in [2.45, 2.75) is 39.5 Å². The molecular weight excluding hydrogens is 246 g/mol. The molecule has 1 unspecified atom stereocenters. The topological polar surface area (TPSA) is 40.2 Å². The SMILES string of the molecule is CCOC(CCN(CCOC)C(C)COC)OCC. The molecule has 0 saturated heterocycles. The normalized spacial score (nSPS) is 13.4. The summed E-state index contributed by atoms with van der Waals surface area (Å²) < 4.78 is 21.5. The first-order valence-electron chi connectivity index (χ1n) is 7.14. The van der Waals surface area contributed by atoms with Crippen molar-refractivity contribution in [3.8, 4) is 0 Å². The Labute approximate surface area is 118 Å². The van der Waals surface area contributed by atoms with Crippen LogP contribution in [0.3, 0.4) is 0 Å². The van der Waals surface area contributed by atoms with Crippen LogP contribution in [0, 0.1) is 0 Å². The summed E-state index contributed by atoms with van der Waals surface area (Å²) in [6.07, 6.45) is 0.745. The van der Waals surface area contributed by atoms with Gasteiger partial charge in [-0.25, -0.2) is 0 Å². The van der Waals surface area contributed by atoms with E-state index in [0.717, 1.165) is 32.7 Å². The summed E-state index contributed by atoms with van der Waals surface area (Å²) in [6, 6.07) is 0.365. The van der Waals surface area contributed by atoms with Crippen LogP contribution < -0.4 is 0 Å². The summed E-state index contributed by atoms with van der Waals surface area (Å²) in [6.45, 7) is 10.7. The van der Waals surface area contributed by atoms with Crippen LogP contribution >= 0.6 is 0 Å². The molecule has 0 aliphatic rings. The van der Waals surface area contributed by atoms with Gasteiger partial charge in [0.25, 0.3) is 0 Å². The van der Waals surface area contributed by atoms with Gasteiger partial charge in [-0.15, -0.1) is 0 Å². The van der Waals surface area contributed by atoms with Crippen molar-refractivity contribution in [2.24, 2.45) is 0 Å². The molecule has 0 bridgehead atoms. The summed E-state index contributed by atoms with van der Waals surface area (Å²) in [5, 5.41) is 0. The number of nitrogens with zero attached hydrogens (tertiary/aromatic N) is 1. The summed E-state index contributed by atoms with van der Waals surface area (Å²) in [5.74, 6) is 0. The molecule has 0 aliphatic carbocycles. The largest absolute Gasteiger partial charge is 0.383 e. The lowest BCUT2D eigenvalue weighted by molar-refractivity contribution is -0.143. The van der Waals surface area contributed by atoms with Gasteiger partial charge in [0.1, 0.15) is 0 Å². The first-order chi connectivity index (χ1) is 9.19. The Morgan fingerprint density at radius 2 is 1.58 bits per heavy atom. The molecule has 0 aliphatic heterocycles. The zero-order valence-corrected chi connectivity index (χ0v) is 13.2. The van der Waals surface area contributed by atoms with Crippen molar-refractivity contribution in [1.29, 1.82) is 0 Å². The third-order valence-corrected chi connectivity index (χ3v) is 2.97. The van der Waals surface area contributed by atoms with Crippen molar-refractivity contribution >= 4 is 0 Å². The molecule has 0 aromatic heterocycles. The van der Waals surface area contributed by atoms with Crippen molar-refractivity contribution < 1.29 is 18.9 Å². The molecule has 0 aromatic carbocycles. The van der Waals surface area contributed by atoms with Gasteiger partial charge in [0.15, 0.2) is 6.29 Å². The summed E-state index contributed by atoms with van der Waals surface area (Å²) in [4.78, 5) is 2.35. The molecule has 0 heterocycles. The Morgan fingerprint density at radius 1 is 0.947 bits per heavy atom. The predicted molar refractivity (Wildman–Crippen MR) is 76.4 cm³/mol. The number of ether oxygens (including phenoxy) is 4. The standard InChI is InChI=1S/C14H31NO4/c1-6-18-14(19-7-2)8-9-15(10-11-16-4)13(3)12-17-5/h13-14H,6-12H2,1-5H3. The van der Waals surface area contributed by atoms with Crippen LogP contribution in [-0.4, -0.2) is 71.0 Å². The molecule has 0 aromatic rings. The first-order valence-corrected chi connectivity index (χ1v) is 7.14. The van der Waals surface area contributed by atoms with E-state index in [0.29, 0.717) is 19.3 Å². The van der Waals surface area contributed by atoms with E-state index in [4.69, 9.17) is 18.9 Å². The van der Waals surface area contributed by atoms with E-state index >= 15 is 0 Å². The van der Waals surface area contributed by atoms with E-state index in [2.05, 4.69) is 11.8 Å². The maximum absolute atomic E-state index is 5.57. The van der Waals surface area contributed by atoms with Gasteiger partial charge >= 0.3 is 0 Å². The molecule has 5 heteroatoms. The highest BCUT2D eigenvalue weighted by atomic mass is 16.7. The molecule has 19 heavy (non-hydrogen) atoms. The van der Waals surface area contributed by atoms with Crippen molar-refractivity contribution in [3.63, 3.8) is 0 Å². The maximum atomic E-state index is 5.57. The molecular formula is C14H31NO4. The fourth-order valence-electron chi connectivity index (χ4n) is 1.97. The van der Waals surface area contributed by atoms with Crippen LogP contribution in [0.5, 0.6) is 0 Å². The van der Waals surface area contributed by atoms with Crippen LogP contribution in [0.15, 0.2) is 0 Å². The van der Waals surface area contributed by atoms with Crippen molar-refractivity contribution in [2.75, 3.05) is 53.7 Å². The Bertz CT molecular complexity index is 181. The van der Waals surface area contributed by atoms with Crippen molar-refractivity contribution in [3.05, 3.63) is 0 Å². The third kappa shape index (κ3) is 9.35. The molecule has 0 amide bonds. The van der Waals surface area contributed by atoms with Gasteiger partial charge in [-0.05, 0) is 20.8 Å². The molecule has 0 rings (SSSR count). The number of methoxy groups -OCH3 is 2. The summed E-state index contributed by atoms with van der Waals surface area (Å²) >= 11 is 0. The number of hydrogen-bond donors (Lipinski definition) is 0. The molecule has 5 nitrogen and oxygen atoms in total. The second-order valence-corrected chi connectivity index (χ2v) is 4.46. The van der Waals surface area contributed by atoms with Gasteiger partial charge in [0.2, 0.25) is 0 Å². The lowest BCUT2D eigenvalue weighted by Gasteiger charge is -2.29. The Kier molecular flexibility index (Phi) is 12.7. The van der Waals surface area contributed by atoms with E-state index in [9.17, 15) is 0 Å². The Hall–Kier alpha value is -0.200. The first kappa shape index (κ1) is 18.8. The molecule has 0 radical (unpaired) electrons. The minimum atomic E-state index is -0.116. The maximum Gasteiger partial charge on any atom is 0.158 e. The Morgan fingerprint density at radius 3 is 2.05 bits per heavy atom. The minimum absolute atomic E-state index is 0.116. The van der Waals surface area contributed by atoms with Gasteiger partial charge in [-0.1, -0.05) is 0 Å². The van der Waals surface area contributed by atoms with E-state index in [1.54, 1.807) is 14.2 Å². The van der Waals surface area contributed by atoms with Crippen molar-refractivity contribution in [1.82, 2.24) is 4.90 Å². The third-order valence-electron chi connectivity index (χ3n) is 2.97. The highest BCUT2D eigenvalue weighted by Crippen LogP contribution is 2.07.